The van der Waals surface area contributed by atoms with Crippen molar-refractivity contribution >= 4 is 22.1 Å². The van der Waals surface area contributed by atoms with Gasteiger partial charge in [-0.1, -0.05) is 13.8 Å². The molecule has 0 aliphatic heterocycles. The minimum Gasteiger partial charge on any atom is -0.465 e. The Morgan fingerprint density at radius 3 is 2.22 bits per heavy atom. The first kappa shape index (κ1) is 25.8. The van der Waals surface area contributed by atoms with E-state index in [1.807, 2.05) is 21.0 Å². The van der Waals surface area contributed by atoms with Crippen molar-refractivity contribution in [3.8, 4) is 0 Å². The van der Waals surface area contributed by atoms with E-state index in [1.165, 1.54) is 0 Å². The summed E-state index contributed by atoms with van der Waals surface area (Å²) in [6.45, 7) is 8.75. The molecule has 0 heterocycles. The van der Waals surface area contributed by atoms with Crippen LogP contribution in [0.3, 0.4) is 0 Å². The summed E-state index contributed by atoms with van der Waals surface area (Å²) in [6.07, 6.45) is 1.41. The van der Waals surface area contributed by atoms with Crippen molar-refractivity contribution in [2.45, 2.75) is 47.0 Å². The Labute approximate surface area is 163 Å². The zero-order valence-corrected chi connectivity index (χ0v) is 18.3. The minimum absolute atomic E-state index is 0.190. The predicted molar refractivity (Wildman–Crippen MR) is 103 cm³/mol. The van der Waals surface area contributed by atoms with Gasteiger partial charge >= 0.3 is 11.9 Å². The number of ether oxygens (including phenoxy) is 2. The maximum absolute atomic E-state index is 12.4. The average molecular weight is 411 g/mol. The number of hydrogen-bond donors (Lipinski definition) is 1. The Bertz CT molecular complexity index is 585. The highest BCUT2D eigenvalue weighted by molar-refractivity contribution is 7.85. The largest absolute Gasteiger partial charge is 0.465 e. The second kappa shape index (κ2) is 11.0. The van der Waals surface area contributed by atoms with Gasteiger partial charge in [-0.2, -0.15) is 8.42 Å². The number of likely N-dealkylation sites (N-methyl/N-ethyl adjacent to an activating group) is 1. The number of carbonyl (C=O) groups excluding carboxylic acids is 2. The number of hydrogen-bond acceptors (Lipinski definition) is 6. The fraction of sp³-hybridized carbons (Fsp3) is 0.889. The average Bonchev–Trinajstić information content (AvgIpc) is 2.50. The van der Waals surface area contributed by atoms with Crippen molar-refractivity contribution in [2.75, 3.05) is 46.2 Å². The van der Waals surface area contributed by atoms with Crippen LogP contribution in [0.4, 0.5) is 0 Å². The van der Waals surface area contributed by atoms with Gasteiger partial charge in [0.1, 0.15) is 13.2 Å². The fourth-order valence-corrected chi connectivity index (χ4v) is 3.14. The zero-order chi connectivity index (χ0) is 21.3. The van der Waals surface area contributed by atoms with Gasteiger partial charge in [0, 0.05) is 6.42 Å². The molecule has 0 saturated carbocycles. The lowest BCUT2D eigenvalue weighted by Crippen LogP contribution is -2.44. The molecule has 9 heteroatoms. The van der Waals surface area contributed by atoms with Gasteiger partial charge in [0.25, 0.3) is 10.1 Å². The van der Waals surface area contributed by atoms with Crippen LogP contribution in [-0.4, -0.2) is 75.5 Å². The first-order valence-corrected chi connectivity index (χ1v) is 10.9. The first-order valence-electron chi connectivity index (χ1n) is 9.31. The summed E-state index contributed by atoms with van der Waals surface area (Å²) in [4.78, 5) is 24.3. The molecule has 0 radical (unpaired) electrons. The van der Waals surface area contributed by atoms with E-state index in [-0.39, 0.29) is 24.3 Å². The summed E-state index contributed by atoms with van der Waals surface area (Å²) >= 11 is 0. The molecule has 1 N–H and O–H groups in total. The van der Waals surface area contributed by atoms with Crippen molar-refractivity contribution in [3.05, 3.63) is 0 Å². The van der Waals surface area contributed by atoms with Crippen LogP contribution in [0.15, 0.2) is 0 Å². The molecule has 0 aromatic carbocycles. The van der Waals surface area contributed by atoms with Gasteiger partial charge in [-0.15, -0.1) is 0 Å². The van der Waals surface area contributed by atoms with Crippen molar-refractivity contribution in [1.82, 2.24) is 0 Å². The van der Waals surface area contributed by atoms with Crippen molar-refractivity contribution in [3.63, 3.8) is 0 Å². The van der Waals surface area contributed by atoms with Gasteiger partial charge in [-0.25, -0.2) is 0 Å². The highest BCUT2D eigenvalue weighted by atomic mass is 32.2. The molecular formula is C18H36NO7S+. The van der Waals surface area contributed by atoms with Crippen molar-refractivity contribution in [1.29, 1.82) is 0 Å². The Hall–Kier alpha value is -1.19. The second-order valence-corrected chi connectivity index (χ2v) is 9.89. The van der Waals surface area contributed by atoms with Crippen LogP contribution in [0.2, 0.25) is 0 Å². The summed E-state index contributed by atoms with van der Waals surface area (Å²) < 4.78 is 41.3. The smallest absolute Gasteiger partial charge is 0.311 e. The molecule has 0 aromatic rings. The number of carbonyl (C=O) groups is 2. The third kappa shape index (κ3) is 12.0. The van der Waals surface area contributed by atoms with Crippen LogP contribution >= 0.6 is 0 Å². The number of rotatable bonds is 13. The fourth-order valence-electron chi connectivity index (χ4n) is 2.64. The lowest BCUT2D eigenvalue weighted by atomic mass is 9.83. The topological polar surface area (TPSA) is 107 Å². The molecule has 0 spiro atoms. The quantitative estimate of drug-likeness (QED) is 0.281. The lowest BCUT2D eigenvalue weighted by molar-refractivity contribution is -0.890. The summed E-state index contributed by atoms with van der Waals surface area (Å²) in [5, 5.41) is 0. The number of esters is 2. The number of quaternary nitrogens is 1. The predicted octanol–water partition coefficient (Wildman–Crippen LogP) is 1.89. The SMILES string of the molecule is CCCOC(=O)C(C)CC(C)(C)C(=O)OCC[N+](C)(C)CCCS(=O)(=O)O. The van der Waals surface area contributed by atoms with Gasteiger partial charge in [0.05, 0.1) is 44.3 Å². The normalized spacial score (nSPS) is 13.9. The van der Waals surface area contributed by atoms with Crippen LogP contribution < -0.4 is 0 Å². The van der Waals surface area contributed by atoms with Gasteiger partial charge in [-0.05, 0) is 26.7 Å². The molecular weight excluding hydrogens is 374 g/mol. The van der Waals surface area contributed by atoms with Crippen LogP contribution in [0.5, 0.6) is 0 Å². The van der Waals surface area contributed by atoms with Crippen LogP contribution in [0.1, 0.15) is 47.0 Å². The maximum Gasteiger partial charge on any atom is 0.311 e. The van der Waals surface area contributed by atoms with E-state index in [0.717, 1.165) is 6.42 Å². The zero-order valence-electron chi connectivity index (χ0n) is 17.5. The monoisotopic (exact) mass is 410 g/mol. The van der Waals surface area contributed by atoms with Gasteiger partial charge in [-0.3, -0.25) is 14.1 Å². The molecule has 0 aromatic heterocycles. The summed E-state index contributed by atoms with van der Waals surface area (Å²) in [5.41, 5.74) is -0.813. The third-order valence-corrected chi connectivity index (χ3v) is 5.12. The molecule has 8 nitrogen and oxygen atoms in total. The number of nitrogens with zero attached hydrogens (tertiary/aromatic N) is 1. The van der Waals surface area contributed by atoms with Crippen LogP contribution in [0.25, 0.3) is 0 Å². The molecule has 0 aliphatic rings. The highest BCUT2D eigenvalue weighted by Crippen LogP contribution is 2.27. The van der Waals surface area contributed by atoms with E-state index in [2.05, 4.69) is 0 Å². The highest BCUT2D eigenvalue weighted by Gasteiger charge is 2.34. The Balaban J connectivity index is 4.39. The third-order valence-electron chi connectivity index (χ3n) is 4.32. The second-order valence-electron chi connectivity index (χ2n) is 8.32. The van der Waals surface area contributed by atoms with Crippen LogP contribution in [-0.2, 0) is 29.2 Å². The maximum atomic E-state index is 12.4. The summed E-state index contributed by atoms with van der Waals surface area (Å²) in [6, 6.07) is 0. The molecule has 0 saturated heterocycles. The molecule has 1 atom stereocenters. The van der Waals surface area contributed by atoms with Gasteiger partial charge in [0.2, 0.25) is 0 Å². The first-order chi connectivity index (χ1) is 12.2. The van der Waals surface area contributed by atoms with E-state index < -0.39 is 21.5 Å². The van der Waals surface area contributed by atoms with E-state index in [0.29, 0.717) is 37.0 Å². The van der Waals surface area contributed by atoms with Crippen molar-refractivity contribution < 1.29 is 36.5 Å². The van der Waals surface area contributed by atoms with E-state index in [4.69, 9.17) is 14.0 Å². The molecule has 0 aliphatic carbocycles. The summed E-state index contributed by atoms with van der Waals surface area (Å²) in [5.74, 6) is -1.37. The van der Waals surface area contributed by atoms with E-state index in [1.54, 1.807) is 20.8 Å². The molecule has 1 unspecified atom stereocenters. The minimum atomic E-state index is -3.96. The van der Waals surface area contributed by atoms with E-state index in [9.17, 15) is 18.0 Å². The molecule has 27 heavy (non-hydrogen) atoms. The molecule has 0 fully saturated rings. The van der Waals surface area contributed by atoms with Gasteiger partial charge < -0.3 is 14.0 Å². The Morgan fingerprint density at radius 1 is 1.11 bits per heavy atom. The van der Waals surface area contributed by atoms with E-state index >= 15 is 0 Å². The summed E-state index contributed by atoms with van der Waals surface area (Å²) in [7, 11) is -0.162. The van der Waals surface area contributed by atoms with Crippen molar-refractivity contribution in [2.24, 2.45) is 11.3 Å². The molecule has 0 bridgehead atoms. The molecule has 0 rings (SSSR count). The standard InChI is InChI=1S/C18H35NO7S/c1-7-11-25-16(20)15(2)14-18(3,4)17(21)26-12-10-19(5,6)9-8-13-27(22,23)24/h15H,7-14H2,1-6H3/p+1. The lowest BCUT2D eigenvalue weighted by Gasteiger charge is -2.30. The Kier molecular flexibility index (Phi) is 10.5. The Morgan fingerprint density at radius 2 is 1.70 bits per heavy atom. The molecule has 0 amide bonds. The molecule has 160 valence electrons. The van der Waals surface area contributed by atoms with Crippen LogP contribution in [0, 0.1) is 11.3 Å². The van der Waals surface area contributed by atoms with Gasteiger partial charge in [0.15, 0.2) is 0 Å².